The highest BCUT2D eigenvalue weighted by atomic mass is 19.1. The molecule has 3 heteroatoms. The van der Waals surface area contributed by atoms with Gasteiger partial charge in [0.1, 0.15) is 5.82 Å². The van der Waals surface area contributed by atoms with Crippen LogP contribution in [0.4, 0.5) is 4.39 Å². The Hall–Kier alpha value is -1.87. The zero-order valence-electron chi connectivity index (χ0n) is 9.20. The van der Waals surface area contributed by atoms with Crippen molar-refractivity contribution < 1.29 is 4.39 Å². The van der Waals surface area contributed by atoms with E-state index in [9.17, 15) is 4.39 Å². The second-order valence-electron chi connectivity index (χ2n) is 3.37. The second kappa shape index (κ2) is 5.88. The number of hydrogen-bond donors (Lipinski definition) is 2. The monoisotopic (exact) mass is 218 g/mol. The first kappa shape index (κ1) is 12.2. The van der Waals surface area contributed by atoms with E-state index in [1.165, 1.54) is 12.1 Å². The summed E-state index contributed by atoms with van der Waals surface area (Å²) in [5, 5.41) is 0. The molecule has 0 aliphatic rings. The summed E-state index contributed by atoms with van der Waals surface area (Å²) >= 11 is 0. The van der Waals surface area contributed by atoms with E-state index in [0.717, 1.165) is 16.7 Å². The van der Waals surface area contributed by atoms with Crippen LogP contribution in [0.1, 0.15) is 12.5 Å². The van der Waals surface area contributed by atoms with Gasteiger partial charge < -0.3 is 5.43 Å². The van der Waals surface area contributed by atoms with E-state index in [0.29, 0.717) is 0 Å². The molecule has 0 saturated carbocycles. The molecule has 0 saturated heterocycles. The van der Waals surface area contributed by atoms with Gasteiger partial charge in [0.15, 0.2) is 0 Å². The van der Waals surface area contributed by atoms with Crippen LogP contribution in [0, 0.1) is 5.82 Å². The largest absolute Gasteiger partial charge is 0.331 e. The van der Waals surface area contributed by atoms with Gasteiger partial charge in [-0.05, 0) is 36.3 Å². The van der Waals surface area contributed by atoms with Crippen molar-refractivity contribution in [3.05, 3.63) is 66.2 Å². The maximum Gasteiger partial charge on any atom is 0.123 e. The first-order valence-electron chi connectivity index (χ1n) is 4.90. The summed E-state index contributed by atoms with van der Waals surface area (Å²) < 4.78 is 12.8. The summed E-state index contributed by atoms with van der Waals surface area (Å²) in [6.07, 6.45) is 5.31. The van der Waals surface area contributed by atoms with Crippen LogP contribution in [-0.2, 0) is 0 Å². The van der Waals surface area contributed by atoms with Crippen LogP contribution < -0.4 is 11.3 Å². The topological polar surface area (TPSA) is 38.0 Å². The summed E-state index contributed by atoms with van der Waals surface area (Å²) in [6, 6.07) is 6.23. The first-order chi connectivity index (χ1) is 7.67. The van der Waals surface area contributed by atoms with E-state index < -0.39 is 0 Å². The molecule has 0 heterocycles. The minimum Gasteiger partial charge on any atom is -0.331 e. The molecule has 0 radical (unpaired) electrons. The Morgan fingerprint density at radius 2 is 2.00 bits per heavy atom. The van der Waals surface area contributed by atoms with Crippen molar-refractivity contribution in [2.75, 3.05) is 0 Å². The van der Waals surface area contributed by atoms with Crippen molar-refractivity contribution in [1.29, 1.82) is 0 Å². The lowest BCUT2D eigenvalue weighted by Crippen LogP contribution is -2.13. The quantitative estimate of drug-likeness (QED) is 0.463. The summed E-state index contributed by atoms with van der Waals surface area (Å²) in [5.74, 6) is 5.00. The highest BCUT2D eigenvalue weighted by Crippen LogP contribution is 2.17. The van der Waals surface area contributed by atoms with Crippen LogP contribution in [-0.4, -0.2) is 0 Å². The molecule has 1 rings (SSSR count). The third-order valence-electron chi connectivity index (χ3n) is 2.12. The third kappa shape index (κ3) is 3.37. The van der Waals surface area contributed by atoms with Crippen molar-refractivity contribution in [3.8, 4) is 0 Å². The van der Waals surface area contributed by atoms with Crippen molar-refractivity contribution in [2.45, 2.75) is 6.92 Å². The van der Waals surface area contributed by atoms with Gasteiger partial charge in [-0.15, -0.1) is 0 Å². The molecule has 0 aliphatic carbocycles. The lowest BCUT2D eigenvalue weighted by atomic mass is 10.0. The molecule has 0 aromatic heterocycles. The molecule has 0 unspecified atom stereocenters. The van der Waals surface area contributed by atoms with Crippen molar-refractivity contribution >= 4 is 5.57 Å². The van der Waals surface area contributed by atoms with E-state index in [-0.39, 0.29) is 5.82 Å². The summed E-state index contributed by atoms with van der Waals surface area (Å²) in [5.41, 5.74) is 5.25. The molecule has 0 aliphatic heterocycles. The van der Waals surface area contributed by atoms with Gasteiger partial charge in [0.05, 0.1) is 0 Å². The maximum atomic E-state index is 12.8. The van der Waals surface area contributed by atoms with Crippen molar-refractivity contribution in [3.63, 3.8) is 0 Å². The number of nitrogens with one attached hydrogen (secondary N) is 1. The normalized spacial score (nSPS) is 12.4. The Morgan fingerprint density at radius 3 is 2.50 bits per heavy atom. The third-order valence-corrected chi connectivity index (χ3v) is 2.12. The first-order valence-corrected chi connectivity index (χ1v) is 4.90. The smallest absolute Gasteiger partial charge is 0.123 e. The van der Waals surface area contributed by atoms with Gasteiger partial charge >= 0.3 is 0 Å². The fourth-order valence-electron chi connectivity index (χ4n) is 1.24. The highest BCUT2D eigenvalue weighted by molar-refractivity contribution is 5.74. The molecular formula is C13H15FN2. The number of nitrogens with two attached hydrogens (primary N) is 1. The van der Waals surface area contributed by atoms with E-state index in [2.05, 4.69) is 12.0 Å². The van der Waals surface area contributed by atoms with Gasteiger partial charge in [0, 0.05) is 6.20 Å². The van der Waals surface area contributed by atoms with Gasteiger partial charge in [-0.2, -0.15) is 0 Å². The molecular weight excluding hydrogens is 203 g/mol. The Kier molecular flexibility index (Phi) is 4.48. The predicted octanol–water partition coefficient (Wildman–Crippen LogP) is 2.76. The molecule has 0 spiro atoms. The fourth-order valence-corrected chi connectivity index (χ4v) is 1.24. The van der Waals surface area contributed by atoms with Crippen LogP contribution in [0.5, 0.6) is 0 Å². The zero-order valence-corrected chi connectivity index (χ0v) is 9.20. The van der Waals surface area contributed by atoms with Gasteiger partial charge in [-0.1, -0.05) is 30.4 Å². The van der Waals surface area contributed by atoms with Crippen molar-refractivity contribution in [1.82, 2.24) is 5.43 Å². The standard InChI is InChI=1S/C13H15FN2/c1-3-10(2)8-12(9-16-15)11-4-6-13(14)7-5-11/h3-9,16H,1,15H2,2H3/b10-8+,12-9+. The van der Waals surface area contributed by atoms with Gasteiger partial charge in [0.2, 0.25) is 0 Å². The average Bonchev–Trinajstić information content (AvgIpc) is 2.29. The minimum atomic E-state index is -0.256. The SMILES string of the molecule is C=C/C(C)=C/C(=C\NN)c1ccc(F)cc1. The molecule has 0 fully saturated rings. The van der Waals surface area contributed by atoms with E-state index in [1.807, 2.05) is 13.0 Å². The Labute approximate surface area is 94.9 Å². The predicted molar refractivity (Wildman–Crippen MR) is 65.7 cm³/mol. The van der Waals surface area contributed by atoms with Gasteiger partial charge in [-0.25, -0.2) is 4.39 Å². The molecule has 3 N–H and O–H groups in total. The van der Waals surface area contributed by atoms with Crippen LogP contribution in [0.25, 0.3) is 5.57 Å². The number of hydrogen-bond acceptors (Lipinski definition) is 2. The number of halogens is 1. The van der Waals surface area contributed by atoms with Gasteiger partial charge in [-0.3, -0.25) is 5.84 Å². The Bertz CT molecular complexity index is 416. The molecule has 16 heavy (non-hydrogen) atoms. The van der Waals surface area contributed by atoms with Crippen molar-refractivity contribution in [2.24, 2.45) is 5.84 Å². The summed E-state index contributed by atoms with van der Waals surface area (Å²) in [6.45, 7) is 5.61. The zero-order chi connectivity index (χ0) is 12.0. The molecule has 0 bridgehead atoms. The van der Waals surface area contributed by atoms with Crippen LogP contribution in [0.2, 0.25) is 0 Å². The Balaban J connectivity index is 3.08. The van der Waals surface area contributed by atoms with Gasteiger partial charge in [0.25, 0.3) is 0 Å². The van der Waals surface area contributed by atoms with E-state index in [4.69, 9.17) is 5.84 Å². The number of rotatable bonds is 4. The number of benzene rings is 1. The molecule has 84 valence electrons. The maximum absolute atomic E-state index is 12.8. The Morgan fingerprint density at radius 1 is 1.38 bits per heavy atom. The van der Waals surface area contributed by atoms with Crippen LogP contribution in [0.15, 0.2) is 54.8 Å². The fraction of sp³-hybridized carbons (Fsp3) is 0.0769. The van der Waals surface area contributed by atoms with Crippen LogP contribution >= 0.6 is 0 Å². The van der Waals surface area contributed by atoms with E-state index >= 15 is 0 Å². The number of hydrazine groups is 1. The minimum absolute atomic E-state index is 0.256. The summed E-state index contributed by atoms with van der Waals surface area (Å²) in [4.78, 5) is 0. The lowest BCUT2D eigenvalue weighted by molar-refractivity contribution is 0.627. The molecule has 2 nitrogen and oxygen atoms in total. The molecule has 1 aromatic rings. The van der Waals surface area contributed by atoms with E-state index in [1.54, 1.807) is 24.4 Å². The molecule has 0 atom stereocenters. The van der Waals surface area contributed by atoms with Crippen LogP contribution in [0.3, 0.4) is 0 Å². The lowest BCUT2D eigenvalue weighted by Gasteiger charge is -2.04. The highest BCUT2D eigenvalue weighted by Gasteiger charge is 1.99. The summed E-state index contributed by atoms with van der Waals surface area (Å²) in [7, 11) is 0. The average molecular weight is 218 g/mol. The number of allylic oxidation sites excluding steroid dienone is 4. The molecule has 0 amide bonds. The molecule has 1 aromatic carbocycles. The second-order valence-corrected chi connectivity index (χ2v) is 3.37.